The van der Waals surface area contributed by atoms with Crippen molar-refractivity contribution in [3.05, 3.63) is 40.0 Å². The first kappa shape index (κ1) is 13.1. The van der Waals surface area contributed by atoms with Crippen LogP contribution in [0, 0.1) is 13.8 Å². The van der Waals surface area contributed by atoms with Crippen LogP contribution in [0.4, 0.5) is 5.88 Å². The highest BCUT2D eigenvalue weighted by molar-refractivity contribution is 9.10. The first-order chi connectivity index (χ1) is 8.38. The zero-order chi connectivity index (χ0) is 13.3. The minimum Gasteiger partial charge on any atom is -0.338 e. The summed E-state index contributed by atoms with van der Waals surface area (Å²) in [5, 5.41) is 3.62. The summed E-state index contributed by atoms with van der Waals surface area (Å²) in [6.45, 7) is 3.44. The number of anilines is 1. The molecule has 7 heteroatoms. The summed E-state index contributed by atoms with van der Waals surface area (Å²) in [4.78, 5) is 0.200. The molecule has 0 aliphatic rings. The van der Waals surface area contributed by atoms with Gasteiger partial charge in [0.2, 0.25) is 5.88 Å². The van der Waals surface area contributed by atoms with Crippen molar-refractivity contribution in [1.29, 1.82) is 0 Å². The molecular weight excluding hydrogens is 320 g/mol. The predicted molar refractivity (Wildman–Crippen MR) is 70.9 cm³/mol. The molecule has 0 saturated heterocycles. The highest BCUT2D eigenvalue weighted by atomic mass is 79.9. The molecule has 0 spiro atoms. The van der Waals surface area contributed by atoms with Crippen LogP contribution in [0.25, 0.3) is 0 Å². The van der Waals surface area contributed by atoms with Gasteiger partial charge >= 0.3 is 0 Å². The second kappa shape index (κ2) is 4.74. The number of sulfonamides is 1. The fourth-order valence-corrected chi connectivity index (χ4v) is 3.22. The minimum atomic E-state index is -3.67. The Kier molecular flexibility index (Phi) is 3.45. The van der Waals surface area contributed by atoms with Crippen molar-refractivity contribution in [2.75, 3.05) is 4.72 Å². The number of nitrogens with one attached hydrogen (secondary N) is 1. The van der Waals surface area contributed by atoms with Crippen LogP contribution < -0.4 is 4.72 Å². The Balaban J connectivity index is 2.39. The van der Waals surface area contributed by atoms with Crippen LogP contribution in [0.2, 0.25) is 0 Å². The fourth-order valence-electron chi connectivity index (χ4n) is 1.46. The molecule has 0 saturated carbocycles. The molecule has 1 aromatic heterocycles. The Bertz CT molecular complexity index is 679. The number of hydrogen-bond donors (Lipinski definition) is 1. The van der Waals surface area contributed by atoms with E-state index in [4.69, 9.17) is 4.52 Å². The van der Waals surface area contributed by atoms with E-state index >= 15 is 0 Å². The van der Waals surface area contributed by atoms with E-state index in [0.717, 1.165) is 0 Å². The topological polar surface area (TPSA) is 72.2 Å². The van der Waals surface area contributed by atoms with E-state index in [0.29, 0.717) is 15.7 Å². The molecule has 1 heterocycles. The zero-order valence-electron chi connectivity index (χ0n) is 9.77. The van der Waals surface area contributed by atoms with E-state index in [2.05, 4.69) is 25.8 Å². The molecule has 2 rings (SSSR count). The third-order valence-electron chi connectivity index (χ3n) is 2.30. The monoisotopic (exact) mass is 330 g/mol. The van der Waals surface area contributed by atoms with Gasteiger partial charge in [-0.05, 0) is 31.5 Å². The van der Waals surface area contributed by atoms with Gasteiger partial charge in [-0.1, -0.05) is 27.2 Å². The van der Waals surface area contributed by atoms with E-state index in [-0.39, 0.29) is 10.8 Å². The summed E-state index contributed by atoms with van der Waals surface area (Å²) in [6.07, 6.45) is 0. The third-order valence-corrected chi connectivity index (χ3v) is 4.28. The van der Waals surface area contributed by atoms with Crippen LogP contribution in [0.3, 0.4) is 0 Å². The van der Waals surface area contributed by atoms with Gasteiger partial charge in [-0.2, -0.15) is 0 Å². The number of nitrogens with zero attached hydrogens (tertiary/aromatic N) is 1. The molecule has 0 amide bonds. The molecule has 96 valence electrons. The fraction of sp³-hybridized carbons (Fsp3) is 0.182. The summed E-state index contributed by atoms with van der Waals surface area (Å²) >= 11 is 3.25. The SMILES string of the molecule is Cc1cc(NS(=O)(=O)c2cc(Br)ccc2C)on1. The van der Waals surface area contributed by atoms with Gasteiger partial charge in [-0.3, -0.25) is 0 Å². The highest BCUT2D eigenvalue weighted by Crippen LogP contribution is 2.23. The van der Waals surface area contributed by atoms with Crippen molar-refractivity contribution in [1.82, 2.24) is 5.16 Å². The maximum absolute atomic E-state index is 12.2. The Labute approximate surface area is 113 Å². The molecule has 0 atom stereocenters. The molecule has 0 aliphatic heterocycles. The number of benzene rings is 1. The van der Waals surface area contributed by atoms with E-state index in [1.54, 1.807) is 32.0 Å². The highest BCUT2D eigenvalue weighted by Gasteiger charge is 2.19. The van der Waals surface area contributed by atoms with Gasteiger partial charge in [0, 0.05) is 10.5 Å². The second-order valence-corrected chi connectivity index (χ2v) is 6.41. The smallest absolute Gasteiger partial charge is 0.264 e. The first-order valence-electron chi connectivity index (χ1n) is 5.11. The Morgan fingerprint density at radius 2 is 2.00 bits per heavy atom. The number of hydrogen-bond acceptors (Lipinski definition) is 4. The number of halogens is 1. The maximum Gasteiger partial charge on any atom is 0.264 e. The molecule has 0 fully saturated rings. The maximum atomic E-state index is 12.2. The summed E-state index contributed by atoms with van der Waals surface area (Å²) in [5.74, 6) is 0.104. The van der Waals surface area contributed by atoms with Crippen molar-refractivity contribution in [2.45, 2.75) is 18.7 Å². The molecule has 2 aromatic rings. The Morgan fingerprint density at radius 1 is 1.28 bits per heavy atom. The van der Waals surface area contributed by atoms with E-state index in [1.807, 2.05) is 0 Å². The molecule has 0 unspecified atom stereocenters. The average Bonchev–Trinajstić information content (AvgIpc) is 2.66. The van der Waals surface area contributed by atoms with Gasteiger partial charge in [0.25, 0.3) is 10.0 Å². The number of rotatable bonds is 3. The first-order valence-corrected chi connectivity index (χ1v) is 7.38. The van der Waals surface area contributed by atoms with Crippen LogP contribution >= 0.6 is 15.9 Å². The molecular formula is C11H11BrN2O3S. The Morgan fingerprint density at radius 3 is 2.61 bits per heavy atom. The van der Waals surface area contributed by atoms with Crippen LogP contribution in [-0.4, -0.2) is 13.6 Å². The van der Waals surface area contributed by atoms with Crippen molar-refractivity contribution in [2.24, 2.45) is 0 Å². The molecule has 0 bridgehead atoms. The second-order valence-electron chi connectivity index (χ2n) is 3.85. The van der Waals surface area contributed by atoms with Crippen LogP contribution in [-0.2, 0) is 10.0 Å². The lowest BCUT2D eigenvalue weighted by Crippen LogP contribution is -2.13. The van der Waals surface area contributed by atoms with Gasteiger partial charge < -0.3 is 4.52 Å². The van der Waals surface area contributed by atoms with Crippen molar-refractivity contribution in [3.63, 3.8) is 0 Å². The van der Waals surface area contributed by atoms with Crippen LogP contribution in [0.1, 0.15) is 11.3 Å². The largest absolute Gasteiger partial charge is 0.338 e. The van der Waals surface area contributed by atoms with E-state index in [9.17, 15) is 8.42 Å². The van der Waals surface area contributed by atoms with Crippen molar-refractivity contribution < 1.29 is 12.9 Å². The van der Waals surface area contributed by atoms with Crippen LogP contribution in [0.15, 0.2) is 38.2 Å². The van der Waals surface area contributed by atoms with Crippen LogP contribution in [0.5, 0.6) is 0 Å². The number of aryl methyl sites for hydroxylation is 2. The molecule has 18 heavy (non-hydrogen) atoms. The van der Waals surface area contributed by atoms with Gasteiger partial charge in [0.15, 0.2) is 0 Å². The molecule has 1 N–H and O–H groups in total. The van der Waals surface area contributed by atoms with Crippen molar-refractivity contribution in [3.8, 4) is 0 Å². The summed E-state index contributed by atoms with van der Waals surface area (Å²) in [6, 6.07) is 6.57. The summed E-state index contributed by atoms with van der Waals surface area (Å²) < 4.78 is 32.2. The quantitative estimate of drug-likeness (QED) is 0.939. The zero-order valence-corrected chi connectivity index (χ0v) is 12.2. The lowest BCUT2D eigenvalue weighted by molar-refractivity contribution is 0.430. The van der Waals surface area contributed by atoms with Crippen molar-refractivity contribution >= 4 is 31.8 Å². The van der Waals surface area contributed by atoms with E-state index < -0.39 is 10.0 Å². The lowest BCUT2D eigenvalue weighted by atomic mass is 10.2. The molecule has 0 radical (unpaired) electrons. The predicted octanol–water partition coefficient (Wildman–Crippen LogP) is 2.85. The molecule has 0 aliphatic carbocycles. The van der Waals surface area contributed by atoms with E-state index in [1.165, 1.54) is 6.07 Å². The molecule has 5 nitrogen and oxygen atoms in total. The van der Waals surface area contributed by atoms with Gasteiger partial charge in [0.1, 0.15) is 0 Å². The third kappa shape index (κ3) is 2.73. The van der Waals surface area contributed by atoms with Gasteiger partial charge in [0.05, 0.1) is 10.6 Å². The lowest BCUT2D eigenvalue weighted by Gasteiger charge is -2.08. The normalized spacial score (nSPS) is 11.5. The summed E-state index contributed by atoms with van der Waals surface area (Å²) in [5.41, 5.74) is 1.26. The molecule has 1 aromatic carbocycles. The average molecular weight is 331 g/mol. The standard InChI is InChI=1S/C11H11BrN2O3S/c1-7-3-4-9(12)6-10(7)18(15,16)14-11-5-8(2)13-17-11/h3-6,14H,1-2H3. The Hall–Kier alpha value is -1.34. The van der Waals surface area contributed by atoms with Gasteiger partial charge in [-0.25, -0.2) is 13.1 Å². The summed E-state index contributed by atoms with van der Waals surface area (Å²) in [7, 11) is -3.67. The minimum absolute atomic E-state index is 0.104. The van der Waals surface area contributed by atoms with Gasteiger partial charge in [-0.15, -0.1) is 0 Å². The number of aromatic nitrogens is 1.